The molecule has 118 valence electrons. The smallest absolute Gasteiger partial charge is 0.303 e. The molecule has 2 rings (SSSR count). The number of hydrogen-bond acceptors (Lipinski definition) is 3. The van der Waals surface area contributed by atoms with Crippen LogP contribution in [0.2, 0.25) is 0 Å². The number of halogens is 1. The molecule has 0 saturated carbocycles. The van der Waals surface area contributed by atoms with E-state index in [4.69, 9.17) is 5.11 Å². The van der Waals surface area contributed by atoms with E-state index in [9.17, 15) is 18.8 Å². The molecular weight excluding hydrogens is 291 g/mol. The zero-order chi connectivity index (χ0) is 16.1. The van der Waals surface area contributed by atoms with Gasteiger partial charge in [-0.1, -0.05) is 0 Å². The number of aliphatic carboxylic acids is 1. The first kappa shape index (κ1) is 15.9. The molecule has 22 heavy (non-hydrogen) atoms. The van der Waals surface area contributed by atoms with Crippen LogP contribution >= 0.6 is 0 Å². The normalized spacial score (nSPS) is 14.9. The van der Waals surface area contributed by atoms with Crippen molar-refractivity contribution >= 4 is 24.0 Å². The summed E-state index contributed by atoms with van der Waals surface area (Å²) in [5.74, 6) is -1.76. The minimum atomic E-state index is -1.04. The Morgan fingerprint density at radius 1 is 1.32 bits per heavy atom. The van der Waals surface area contributed by atoms with Crippen molar-refractivity contribution in [3.05, 3.63) is 30.1 Å². The Morgan fingerprint density at radius 3 is 2.41 bits per heavy atom. The van der Waals surface area contributed by atoms with Crippen LogP contribution in [0, 0.1) is 5.82 Å². The average molecular weight is 308 g/mol. The van der Waals surface area contributed by atoms with Gasteiger partial charge in [-0.05, 0) is 37.1 Å². The van der Waals surface area contributed by atoms with Gasteiger partial charge < -0.3 is 14.9 Å². The van der Waals surface area contributed by atoms with Crippen molar-refractivity contribution in [1.82, 2.24) is 4.90 Å². The fraction of sp³-hybridized carbons (Fsp3) is 0.400. The Kier molecular flexibility index (Phi) is 5.08. The van der Waals surface area contributed by atoms with Crippen LogP contribution in [0.3, 0.4) is 0 Å². The number of amides is 2. The Labute approximate surface area is 127 Å². The molecular formula is C15H17FN2O4. The number of likely N-dealkylation sites (tertiary alicyclic amines) is 1. The molecule has 0 radical (unpaired) electrons. The number of carboxylic acids is 1. The van der Waals surface area contributed by atoms with Gasteiger partial charge in [0.25, 0.3) is 0 Å². The zero-order valence-corrected chi connectivity index (χ0v) is 11.9. The van der Waals surface area contributed by atoms with Crippen LogP contribution in [-0.4, -0.2) is 47.4 Å². The van der Waals surface area contributed by atoms with Crippen molar-refractivity contribution in [3.63, 3.8) is 0 Å². The second-order valence-electron chi connectivity index (χ2n) is 5.12. The van der Waals surface area contributed by atoms with Gasteiger partial charge in [0.1, 0.15) is 11.9 Å². The molecule has 1 N–H and O–H groups in total. The Bertz CT molecular complexity index is 557. The van der Waals surface area contributed by atoms with Crippen molar-refractivity contribution in [3.8, 4) is 0 Å². The van der Waals surface area contributed by atoms with E-state index < -0.39 is 17.8 Å². The summed E-state index contributed by atoms with van der Waals surface area (Å²) in [4.78, 5) is 37.4. The third-order valence-electron chi connectivity index (χ3n) is 3.66. The molecule has 0 spiro atoms. The van der Waals surface area contributed by atoms with Gasteiger partial charge in [-0.3, -0.25) is 14.4 Å². The monoisotopic (exact) mass is 308 g/mol. The third-order valence-corrected chi connectivity index (χ3v) is 3.66. The van der Waals surface area contributed by atoms with Gasteiger partial charge in [-0.25, -0.2) is 4.39 Å². The van der Waals surface area contributed by atoms with Gasteiger partial charge in [0.15, 0.2) is 0 Å². The van der Waals surface area contributed by atoms with E-state index in [0.29, 0.717) is 25.2 Å². The predicted molar refractivity (Wildman–Crippen MR) is 76.8 cm³/mol. The van der Waals surface area contributed by atoms with Crippen LogP contribution in [0.5, 0.6) is 0 Å². The summed E-state index contributed by atoms with van der Waals surface area (Å²) in [6, 6.07) is 4.27. The molecule has 1 atom stereocenters. The lowest BCUT2D eigenvalue weighted by Gasteiger charge is -2.37. The van der Waals surface area contributed by atoms with Crippen molar-refractivity contribution in [1.29, 1.82) is 0 Å². The molecule has 1 heterocycles. The van der Waals surface area contributed by atoms with Crippen molar-refractivity contribution in [2.45, 2.75) is 25.3 Å². The van der Waals surface area contributed by atoms with Gasteiger partial charge in [-0.2, -0.15) is 0 Å². The molecule has 6 nitrogen and oxygen atoms in total. The molecule has 7 heteroatoms. The molecule has 2 amide bonds. The minimum absolute atomic E-state index is 0.0147. The highest BCUT2D eigenvalue weighted by atomic mass is 19.1. The van der Waals surface area contributed by atoms with Crippen LogP contribution in [0.1, 0.15) is 19.3 Å². The van der Waals surface area contributed by atoms with Crippen LogP contribution in [0.15, 0.2) is 24.3 Å². The first-order valence-corrected chi connectivity index (χ1v) is 7.02. The van der Waals surface area contributed by atoms with Crippen LogP contribution < -0.4 is 4.90 Å². The summed E-state index contributed by atoms with van der Waals surface area (Å²) < 4.78 is 13.0. The Balaban J connectivity index is 2.22. The molecule has 1 saturated heterocycles. The number of carbonyl (C=O) groups is 3. The standard InChI is InChI=1S/C15H17FN2O4/c16-11-2-4-12(5-3-11)18(10-19)13(6-7-14(20)21)15(22)17-8-1-9-17/h2-5,10,13H,1,6-9H2,(H,20,21)/t13-/m0/s1. The summed E-state index contributed by atoms with van der Waals surface area (Å²) in [5, 5.41) is 8.83. The average Bonchev–Trinajstić information content (AvgIpc) is 2.42. The molecule has 1 aromatic rings. The van der Waals surface area contributed by atoms with E-state index in [0.717, 1.165) is 6.42 Å². The predicted octanol–water partition coefficient (Wildman–Crippen LogP) is 1.25. The number of hydrogen-bond donors (Lipinski definition) is 1. The van der Waals surface area contributed by atoms with Gasteiger partial charge in [-0.15, -0.1) is 0 Å². The number of rotatable bonds is 7. The number of anilines is 1. The molecule has 1 fully saturated rings. The summed E-state index contributed by atoms with van der Waals surface area (Å²) in [7, 11) is 0. The highest BCUT2D eigenvalue weighted by molar-refractivity contribution is 5.92. The Morgan fingerprint density at radius 2 is 1.95 bits per heavy atom. The number of carbonyl (C=O) groups excluding carboxylic acids is 2. The molecule has 0 aliphatic carbocycles. The van der Waals surface area contributed by atoms with Gasteiger partial charge in [0.05, 0.1) is 0 Å². The fourth-order valence-electron chi connectivity index (χ4n) is 2.32. The van der Waals surface area contributed by atoms with Crippen LogP contribution in [-0.2, 0) is 14.4 Å². The van der Waals surface area contributed by atoms with Crippen LogP contribution in [0.4, 0.5) is 10.1 Å². The fourth-order valence-corrected chi connectivity index (χ4v) is 2.32. The van der Waals surface area contributed by atoms with Gasteiger partial charge >= 0.3 is 5.97 Å². The van der Waals surface area contributed by atoms with E-state index in [2.05, 4.69) is 0 Å². The first-order valence-electron chi connectivity index (χ1n) is 7.02. The lowest BCUT2D eigenvalue weighted by atomic mass is 10.0. The summed E-state index contributed by atoms with van der Waals surface area (Å²) >= 11 is 0. The van der Waals surface area contributed by atoms with E-state index in [-0.39, 0.29) is 18.7 Å². The maximum absolute atomic E-state index is 13.0. The van der Waals surface area contributed by atoms with Gasteiger partial charge in [0.2, 0.25) is 12.3 Å². The number of carboxylic acid groups (broad SMARTS) is 1. The lowest BCUT2D eigenvalue weighted by Crippen LogP contribution is -2.53. The summed E-state index contributed by atoms with van der Waals surface area (Å²) in [6.45, 7) is 1.22. The van der Waals surface area contributed by atoms with E-state index >= 15 is 0 Å². The highest BCUT2D eigenvalue weighted by Gasteiger charge is 2.33. The topological polar surface area (TPSA) is 77.9 Å². The largest absolute Gasteiger partial charge is 0.481 e. The molecule has 0 bridgehead atoms. The molecule has 1 aliphatic rings. The third kappa shape index (κ3) is 3.60. The summed E-state index contributed by atoms with van der Waals surface area (Å²) in [6.07, 6.45) is 1.17. The SMILES string of the molecule is O=CN(c1ccc(F)cc1)[C@@H](CCC(=O)O)C(=O)N1CCC1. The second-order valence-corrected chi connectivity index (χ2v) is 5.12. The quantitative estimate of drug-likeness (QED) is 0.769. The van der Waals surface area contributed by atoms with Crippen molar-refractivity contribution in [2.75, 3.05) is 18.0 Å². The van der Waals surface area contributed by atoms with E-state index in [1.54, 1.807) is 4.90 Å². The lowest BCUT2D eigenvalue weighted by molar-refractivity contribution is -0.139. The molecule has 1 aromatic carbocycles. The van der Waals surface area contributed by atoms with E-state index in [1.165, 1.54) is 29.2 Å². The second kappa shape index (κ2) is 7.02. The molecule has 0 aromatic heterocycles. The molecule has 1 aliphatic heterocycles. The first-order chi connectivity index (χ1) is 10.5. The molecule has 0 unspecified atom stereocenters. The Hall–Kier alpha value is -2.44. The number of benzene rings is 1. The van der Waals surface area contributed by atoms with Crippen molar-refractivity contribution < 1.29 is 23.9 Å². The maximum Gasteiger partial charge on any atom is 0.303 e. The van der Waals surface area contributed by atoms with Gasteiger partial charge in [0, 0.05) is 25.2 Å². The maximum atomic E-state index is 13.0. The van der Waals surface area contributed by atoms with Crippen molar-refractivity contribution in [2.24, 2.45) is 0 Å². The summed E-state index contributed by atoms with van der Waals surface area (Å²) in [5.41, 5.74) is 0.362. The number of nitrogens with zero attached hydrogens (tertiary/aromatic N) is 2. The van der Waals surface area contributed by atoms with E-state index in [1.807, 2.05) is 0 Å². The van der Waals surface area contributed by atoms with Crippen LogP contribution in [0.25, 0.3) is 0 Å². The highest BCUT2D eigenvalue weighted by Crippen LogP contribution is 2.22. The minimum Gasteiger partial charge on any atom is -0.481 e. The zero-order valence-electron chi connectivity index (χ0n) is 11.9.